The molecule has 0 aromatic heterocycles. The zero-order chi connectivity index (χ0) is 18.5. The van der Waals surface area contributed by atoms with E-state index in [1.165, 1.54) is 83.3 Å². The molecule has 4 heteroatoms. The van der Waals surface area contributed by atoms with Gasteiger partial charge in [0.1, 0.15) is 0 Å². The Labute approximate surface area is 149 Å². The first-order valence-corrected chi connectivity index (χ1v) is 9.96. The highest BCUT2D eigenvalue weighted by atomic mass is 16.4. The Morgan fingerprint density at radius 2 is 1.12 bits per heavy atom. The molecule has 144 valence electrons. The normalized spacial score (nSPS) is 11.5. The van der Waals surface area contributed by atoms with E-state index in [-0.39, 0.29) is 0 Å². The maximum atomic E-state index is 10.4. The lowest BCUT2D eigenvalue weighted by molar-refractivity contribution is -0.146. The Balaban J connectivity index is 0. The van der Waals surface area contributed by atoms with Crippen molar-refractivity contribution in [3.05, 3.63) is 0 Å². The van der Waals surface area contributed by atoms with Gasteiger partial charge in [-0.2, -0.15) is 0 Å². The summed E-state index contributed by atoms with van der Waals surface area (Å²) < 4.78 is 0. The first kappa shape index (κ1) is 25.3. The maximum Gasteiger partial charge on any atom is 0.332 e. The minimum atomic E-state index is -1.16. The standard InChI is InChI=1S/C18H36O3.C2H5N/c1-2-3-4-5-6-7-8-9-10-11-12-13-14-15-16-17(19)18(20)21;1-2-3/h17,19H,2-16H2,1H3,(H,20,21);2-3H,1H3. The van der Waals surface area contributed by atoms with Gasteiger partial charge in [0, 0.05) is 0 Å². The van der Waals surface area contributed by atoms with Gasteiger partial charge in [-0.3, -0.25) is 0 Å². The van der Waals surface area contributed by atoms with E-state index >= 15 is 0 Å². The van der Waals surface area contributed by atoms with Gasteiger partial charge in [-0.25, -0.2) is 4.79 Å². The molecule has 4 nitrogen and oxygen atoms in total. The molecule has 0 rings (SSSR count). The zero-order valence-corrected chi connectivity index (χ0v) is 16.1. The van der Waals surface area contributed by atoms with Crippen LogP contribution >= 0.6 is 0 Å². The van der Waals surface area contributed by atoms with Crippen LogP contribution in [0.3, 0.4) is 0 Å². The first-order chi connectivity index (χ1) is 11.6. The molecule has 0 aliphatic rings. The number of carboxylic acid groups (broad SMARTS) is 1. The Kier molecular flexibility index (Phi) is 23.3. The molecule has 3 N–H and O–H groups in total. The van der Waals surface area contributed by atoms with Crippen molar-refractivity contribution in [2.75, 3.05) is 0 Å². The van der Waals surface area contributed by atoms with Gasteiger partial charge in [0.2, 0.25) is 0 Å². The summed E-state index contributed by atoms with van der Waals surface area (Å²) in [5.41, 5.74) is 0. The summed E-state index contributed by atoms with van der Waals surface area (Å²) in [7, 11) is 0. The van der Waals surface area contributed by atoms with Gasteiger partial charge >= 0.3 is 5.97 Å². The van der Waals surface area contributed by atoms with E-state index in [1.54, 1.807) is 6.92 Å². The van der Waals surface area contributed by atoms with E-state index in [0.29, 0.717) is 6.42 Å². The van der Waals surface area contributed by atoms with Crippen molar-refractivity contribution >= 4 is 12.2 Å². The molecule has 0 fully saturated rings. The summed E-state index contributed by atoms with van der Waals surface area (Å²) in [6.07, 6.45) is 18.5. The van der Waals surface area contributed by atoms with Crippen LogP contribution in [0.25, 0.3) is 0 Å². The number of aliphatic hydroxyl groups is 1. The average molecular weight is 344 g/mol. The molecule has 0 aromatic rings. The quantitative estimate of drug-likeness (QED) is 0.239. The Morgan fingerprint density at radius 3 is 1.42 bits per heavy atom. The van der Waals surface area contributed by atoms with Gasteiger partial charge in [-0.05, 0) is 19.6 Å². The highest BCUT2D eigenvalue weighted by molar-refractivity contribution is 5.71. The topological polar surface area (TPSA) is 81.4 Å². The third-order valence-corrected chi connectivity index (χ3v) is 4.12. The van der Waals surface area contributed by atoms with Crippen LogP contribution in [-0.2, 0) is 4.79 Å². The fraction of sp³-hybridized carbons (Fsp3) is 0.900. The van der Waals surface area contributed by atoms with Gasteiger partial charge < -0.3 is 15.6 Å². The largest absolute Gasteiger partial charge is 0.479 e. The van der Waals surface area contributed by atoms with Crippen LogP contribution < -0.4 is 0 Å². The van der Waals surface area contributed by atoms with E-state index in [0.717, 1.165) is 12.8 Å². The zero-order valence-electron chi connectivity index (χ0n) is 16.1. The molecule has 0 bridgehead atoms. The van der Waals surface area contributed by atoms with Crippen molar-refractivity contribution in [3.63, 3.8) is 0 Å². The number of carbonyl (C=O) groups is 1. The van der Waals surface area contributed by atoms with E-state index in [4.69, 9.17) is 15.6 Å². The maximum absolute atomic E-state index is 10.4. The van der Waals surface area contributed by atoms with Crippen molar-refractivity contribution < 1.29 is 15.0 Å². The average Bonchev–Trinajstić information content (AvgIpc) is 2.55. The minimum Gasteiger partial charge on any atom is -0.479 e. The van der Waals surface area contributed by atoms with E-state index in [9.17, 15) is 4.79 Å². The van der Waals surface area contributed by atoms with Crippen molar-refractivity contribution in [1.29, 1.82) is 5.41 Å². The molecule has 0 aromatic carbocycles. The van der Waals surface area contributed by atoms with Crippen LogP contribution in [0.1, 0.15) is 110 Å². The summed E-state index contributed by atoms with van der Waals surface area (Å²) in [6.45, 7) is 3.92. The van der Waals surface area contributed by atoms with Gasteiger partial charge in [-0.1, -0.05) is 96.8 Å². The molecule has 1 unspecified atom stereocenters. The second kappa shape index (κ2) is 22.1. The molecular weight excluding hydrogens is 302 g/mol. The lowest BCUT2D eigenvalue weighted by Gasteiger charge is -2.05. The summed E-state index contributed by atoms with van der Waals surface area (Å²) >= 11 is 0. The fourth-order valence-electron chi connectivity index (χ4n) is 2.66. The molecular formula is C20H41NO3. The van der Waals surface area contributed by atoms with Crippen molar-refractivity contribution in [3.8, 4) is 0 Å². The van der Waals surface area contributed by atoms with Gasteiger partial charge in [0.25, 0.3) is 0 Å². The van der Waals surface area contributed by atoms with Crippen LogP contribution in [0.5, 0.6) is 0 Å². The van der Waals surface area contributed by atoms with Crippen molar-refractivity contribution in [2.45, 2.75) is 116 Å². The monoisotopic (exact) mass is 343 g/mol. The summed E-state index contributed by atoms with van der Waals surface area (Å²) in [5.74, 6) is -1.09. The lowest BCUT2D eigenvalue weighted by atomic mass is 10.0. The molecule has 0 heterocycles. The Bertz CT molecular complexity index is 270. The predicted molar refractivity (Wildman–Crippen MR) is 103 cm³/mol. The third kappa shape index (κ3) is 23.4. The first-order valence-electron chi connectivity index (χ1n) is 9.96. The molecule has 0 amide bonds. The van der Waals surface area contributed by atoms with Gasteiger partial charge in [0.15, 0.2) is 6.10 Å². The highest BCUT2D eigenvalue weighted by Gasteiger charge is 2.11. The van der Waals surface area contributed by atoms with Crippen LogP contribution in [-0.4, -0.2) is 28.5 Å². The molecule has 0 aliphatic carbocycles. The molecule has 0 saturated heterocycles. The number of hydrogen-bond donors (Lipinski definition) is 3. The summed E-state index contributed by atoms with van der Waals surface area (Å²) in [6, 6.07) is 0. The van der Waals surface area contributed by atoms with Crippen LogP contribution in [0.4, 0.5) is 0 Å². The lowest BCUT2D eigenvalue weighted by Crippen LogP contribution is -2.18. The van der Waals surface area contributed by atoms with E-state index in [1.807, 2.05) is 0 Å². The number of aliphatic carboxylic acids is 1. The smallest absolute Gasteiger partial charge is 0.332 e. The molecule has 0 spiro atoms. The summed E-state index contributed by atoms with van der Waals surface area (Å²) in [4.78, 5) is 10.4. The molecule has 1 atom stereocenters. The molecule has 0 saturated carbocycles. The van der Waals surface area contributed by atoms with Gasteiger partial charge in [-0.15, -0.1) is 0 Å². The highest BCUT2D eigenvalue weighted by Crippen LogP contribution is 2.13. The van der Waals surface area contributed by atoms with Crippen molar-refractivity contribution in [2.24, 2.45) is 0 Å². The second-order valence-electron chi connectivity index (χ2n) is 6.53. The number of unbranched alkanes of at least 4 members (excludes halogenated alkanes) is 13. The molecule has 24 heavy (non-hydrogen) atoms. The molecule has 0 radical (unpaired) electrons. The Hall–Kier alpha value is -0.900. The number of aliphatic hydroxyl groups excluding tert-OH is 1. The predicted octanol–water partition coefficient (Wildman–Crippen LogP) is 5.96. The molecule has 0 aliphatic heterocycles. The van der Waals surface area contributed by atoms with Gasteiger partial charge in [0.05, 0.1) is 0 Å². The van der Waals surface area contributed by atoms with E-state index in [2.05, 4.69) is 6.92 Å². The van der Waals surface area contributed by atoms with E-state index < -0.39 is 12.1 Å². The minimum absolute atomic E-state index is 0.396. The van der Waals surface area contributed by atoms with Crippen molar-refractivity contribution in [1.82, 2.24) is 0 Å². The fourth-order valence-corrected chi connectivity index (χ4v) is 2.66. The van der Waals surface area contributed by atoms with Crippen LogP contribution in [0.2, 0.25) is 0 Å². The number of nitrogens with one attached hydrogen (secondary N) is 1. The van der Waals surface area contributed by atoms with Crippen LogP contribution in [0, 0.1) is 5.41 Å². The number of carboxylic acids is 1. The number of hydrogen-bond acceptors (Lipinski definition) is 3. The van der Waals surface area contributed by atoms with Crippen LogP contribution in [0.15, 0.2) is 0 Å². The summed E-state index contributed by atoms with van der Waals surface area (Å²) in [5, 5.41) is 23.7. The Morgan fingerprint density at radius 1 is 0.833 bits per heavy atom. The SMILES string of the molecule is CC=N.CCCCCCCCCCCCCCCCC(O)C(=O)O. The number of rotatable bonds is 16. The second-order valence-corrected chi connectivity index (χ2v) is 6.53. The third-order valence-electron chi connectivity index (χ3n) is 4.12.